The highest BCUT2D eigenvalue weighted by molar-refractivity contribution is 7.80. The fourth-order valence-corrected chi connectivity index (χ4v) is 2.04. The number of nitrogens with one attached hydrogen (secondary N) is 1. The minimum Gasteiger partial charge on any atom is -0.389 e. The Morgan fingerprint density at radius 2 is 2.17 bits per heavy atom. The second kappa shape index (κ2) is 5.93. The van der Waals surface area contributed by atoms with Crippen molar-refractivity contribution in [1.82, 2.24) is 5.32 Å². The van der Waals surface area contributed by atoms with Crippen molar-refractivity contribution < 1.29 is 9.53 Å². The summed E-state index contributed by atoms with van der Waals surface area (Å²) < 4.78 is 5.21. The van der Waals surface area contributed by atoms with Crippen LogP contribution < -0.4 is 11.1 Å². The van der Waals surface area contributed by atoms with Crippen LogP contribution in [0.25, 0.3) is 0 Å². The van der Waals surface area contributed by atoms with E-state index >= 15 is 0 Å². The molecule has 1 atom stereocenters. The summed E-state index contributed by atoms with van der Waals surface area (Å²) in [5, 5.41) is 2.95. The maximum absolute atomic E-state index is 11.8. The van der Waals surface area contributed by atoms with Crippen LogP contribution in [0.1, 0.15) is 17.5 Å². The minimum atomic E-state index is 0.0218. The maximum Gasteiger partial charge on any atom is 0.224 e. The molecule has 1 fully saturated rings. The second-order valence-corrected chi connectivity index (χ2v) is 4.81. The Bertz CT molecular complexity index is 439. The Hall–Kier alpha value is -1.46. The SMILES string of the molecule is NC(=S)c1ccc(CC(=O)NC2CCOC2)cc1. The van der Waals surface area contributed by atoms with Gasteiger partial charge in [0, 0.05) is 12.2 Å². The maximum atomic E-state index is 11.8. The van der Waals surface area contributed by atoms with E-state index in [0.29, 0.717) is 18.0 Å². The van der Waals surface area contributed by atoms with E-state index < -0.39 is 0 Å². The van der Waals surface area contributed by atoms with Gasteiger partial charge in [-0.15, -0.1) is 0 Å². The topological polar surface area (TPSA) is 64.4 Å². The number of benzene rings is 1. The van der Waals surface area contributed by atoms with Crippen molar-refractivity contribution in [3.05, 3.63) is 35.4 Å². The lowest BCUT2D eigenvalue weighted by Crippen LogP contribution is -2.36. The van der Waals surface area contributed by atoms with E-state index in [4.69, 9.17) is 22.7 Å². The monoisotopic (exact) mass is 264 g/mol. The molecule has 18 heavy (non-hydrogen) atoms. The van der Waals surface area contributed by atoms with Gasteiger partial charge in [0.25, 0.3) is 0 Å². The summed E-state index contributed by atoms with van der Waals surface area (Å²) in [7, 11) is 0. The van der Waals surface area contributed by atoms with Crippen LogP contribution in [-0.2, 0) is 16.0 Å². The van der Waals surface area contributed by atoms with Gasteiger partial charge >= 0.3 is 0 Å². The lowest BCUT2D eigenvalue weighted by Gasteiger charge is -2.10. The number of rotatable bonds is 4. The molecule has 0 bridgehead atoms. The van der Waals surface area contributed by atoms with E-state index in [0.717, 1.165) is 24.2 Å². The number of amides is 1. The first-order chi connectivity index (χ1) is 8.65. The number of ether oxygens (including phenoxy) is 1. The Morgan fingerprint density at radius 1 is 1.44 bits per heavy atom. The molecule has 1 unspecified atom stereocenters. The van der Waals surface area contributed by atoms with Gasteiger partial charge in [0.05, 0.1) is 19.1 Å². The quantitative estimate of drug-likeness (QED) is 0.788. The number of thiocarbonyl (C=S) groups is 1. The third-order valence-corrected chi connectivity index (χ3v) is 3.13. The van der Waals surface area contributed by atoms with Crippen LogP contribution in [0.3, 0.4) is 0 Å². The van der Waals surface area contributed by atoms with Crippen molar-refractivity contribution in [3.8, 4) is 0 Å². The van der Waals surface area contributed by atoms with Gasteiger partial charge in [0.1, 0.15) is 4.99 Å². The molecule has 0 spiro atoms. The van der Waals surface area contributed by atoms with E-state index in [1.807, 2.05) is 24.3 Å². The molecular formula is C13H16N2O2S. The predicted molar refractivity (Wildman–Crippen MR) is 73.4 cm³/mol. The summed E-state index contributed by atoms with van der Waals surface area (Å²) in [6.07, 6.45) is 1.26. The van der Waals surface area contributed by atoms with E-state index in [-0.39, 0.29) is 11.9 Å². The normalized spacial score (nSPS) is 18.6. The molecule has 1 amide bonds. The molecule has 0 aliphatic carbocycles. The average Bonchev–Trinajstić information content (AvgIpc) is 2.82. The average molecular weight is 264 g/mol. The standard InChI is InChI=1S/C13H16N2O2S/c14-13(18)10-3-1-9(2-4-10)7-12(16)15-11-5-6-17-8-11/h1-4,11H,5-8H2,(H2,14,18)(H,15,16). The molecule has 0 aromatic heterocycles. The summed E-state index contributed by atoms with van der Waals surface area (Å²) in [5.41, 5.74) is 7.28. The van der Waals surface area contributed by atoms with E-state index in [1.165, 1.54) is 0 Å². The van der Waals surface area contributed by atoms with E-state index in [2.05, 4.69) is 5.32 Å². The molecule has 1 aliphatic heterocycles. The van der Waals surface area contributed by atoms with Gasteiger partial charge in [-0.25, -0.2) is 0 Å². The van der Waals surface area contributed by atoms with Crippen LogP contribution in [0.4, 0.5) is 0 Å². The largest absolute Gasteiger partial charge is 0.389 e. The van der Waals surface area contributed by atoms with Gasteiger partial charge < -0.3 is 15.8 Å². The molecular weight excluding hydrogens is 248 g/mol. The molecule has 5 heteroatoms. The molecule has 3 N–H and O–H groups in total. The number of carbonyl (C=O) groups is 1. The van der Waals surface area contributed by atoms with Crippen LogP contribution in [0.15, 0.2) is 24.3 Å². The highest BCUT2D eigenvalue weighted by Gasteiger charge is 2.17. The molecule has 1 saturated heterocycles. The van der Waals surface area contributed by atoms with Crippen LogP contribution >= 0.6 is 12.2 Å². The number of hydrogen-bond acceptors (Lipinski definition) is 3. The van der Waals surface area contributed by atoms with Crippen molar-refractivity contribution in [2.75, 3.05) is 13.2 Å². The number of hydrogen-bond donors (Lipinski definition) is 2. The zero-order valence-electron chi connectivity index (χ0n) is 10.0. The molecule has 0 saturated carbocycles. The van der Waals surface area contributed by atoms with E-state index in [1.54, 1.807) is 0 Å². The van der Waals surface area contributed by atoms with Gasteiger partial charge in [-0.1, -0.05) is 36.5 Å². The Labute approximate surface area is 112 Å². The van der Waals surface area contributed by atoms with Gasteiger partial charge in [-0.3, -0.25) is 4.79 Å². The molecule has 1 aromatic rings. The van der Waals surface area contributed by atoms with Crippen LogP contribution in [-0.4, -0.2) is 30.2 Å². The predicted octanol–water partition coefficient (Wildman–Crippen LogP) is 0.768. The van der Waals surface area contributed by atoms with Crippen molar-refractivity contribution >= 4 is 23.1 Å². The summed E-state index contributed by atoms with van der Waals surface area (Å²) >= 11 is 4.87. The fourth-order valence-electron chi connectivity index (χ4n) is 1.90. The first kappa shape index (κ1) is 13.0. The fraction of sp³-hybridized carbons (Fsp3) is 0.385. The minimum absolute atomic E-state index is 0.0218. The van der Waals surface area contributed by atoms with Crippen LogP contribution in [0.5, 0.6) is 0 Å². The van der Waals surface area contributed by atoms with E-state index in [9.17, 15) is 4.79 Å². The summed E-state index contributed by atoms with van der Waals surface area (Å²) in [4.78, 5) is 12.1. The highest BCUT2D eigenvalue weighted by atomic mass is 32.1. The van der Waals surface area contributed by atoms with Gasteiger partial charge in [0.2, 0.25) is 5.91 Å². The number of nitrogens with two attached hydrogens (primary N) is 1. The van der Waals surface area contributed by atoms with Gasteiger partial charge in [0.15, 0.2) is 0 Å². The molecule has 1 heterocycles. The highest BCUT2D eigenvalue weighted by Crippen LogP contribution is 2.07. The first-order valence-corrected chi connectivity index (χ1v) is 6.32. The third kappa shape index (κ3) is 3.51. The third-order valence-electron chi connectivity index (χ3n) is 2.90. The van der Waals surface area contributed by atoms with Crippen LogP contribution in [0, 0.1) is 0 Å². The zero-order valence-corrected chi connectivity index (χ0v) is 10.8. The number of carbonyl (C=O) groups excluding carboxylic acids is 1. The molecule has 2 rings (SSSR count). The van der Waals surface area contributed by atoms with Crippen LogP contribution in [0.2, 0.25) is 0 Å². The van der Waals surface area contributed by atoms with Crippen molar-refractivity contribution in [3.63, 3.8) is 0 Å². The Balaban J connectivity index is 1.88. The van der Waals surface area contributed by atoms with Crippen molar-refractivity contribution in [2.45, 2.75) is 18.9 Å². The Kier molecular flexibility index (Phi) is 4.28. The summed E-state index contributed by atoms with van der Waals surface area (Å²) in [5.74, 6) is 0.0218. The molecule has 0 radical (unpaired) electrons. The van der Waals surface area contributed by atoms with Crippen molar-refractivity contribution in [1.29, 1.82) is 0 Å². The Morgan fingerprint density at radius 3 is 2.72 bits per heavy atom. The zero-order chi connectivity index (χ0) is 13.0. The van der Waals surface area contributed by atoms with Crippen molar-refractivity contribution in [2.24, 2.45) is 5.73 Å². The molecule has 1 aromatic carbocycles. The molecule has 96 valence electrons. The smallest absolute Gasteiger partial charge is 0.224 e. The van der Waals surface area contributed by atoms with Gasteiger partial charge in [-0.2, -0.15) is 0 Å². The lowest BCUT2D eigenvalue weighted by molar-refractivity contribution is -0.121. The second-order valence-electron chi connectivity index (χ2n) is 4.37. The lowest BCUT2D eigenvalue weighted by atomic mass is 10.1. The molecule has 4 nitrogen and oxygen atoms in total. The first-order valence-electron chi connectivity index (χ1n) is 5.91. The van der Waals surface area contributed by atoms with Gasteiger partial charge in [-0.05, 0) is 12.0 Å². The summed E-state index contributed by atoms with van der Waals surface area (Å²) in [6.45, 7) is 1.35. The molecule has 1 aliphatic rings. The summed E-state index contributed by atoms with van der Waals surface area (Å²) in [6, 6.07) is 7.58.